The molecule has 0 spiro atoms. The molecule has 0 unspecified atom stereocenters. The van der Waals surface area contributed by atoms with Crippen molar-refractivity contribution in [1.82, 2.24) is 4.90 Å². The number of hydrogen-bond donors (Lipinski definition) is 0. The van der Waals surface area contributed by atoms with Crippen molar-refractivity contribution in [3.05, 3.63) is 29.8 Å². The number of benzene rings is 1. The molecule has 3 rings (SSSR count). The highest BCUT2D eigenvalue weighted by Gasteiger charge is 2.20. The molecular weight excluding hydrogens is 236 g/mol. The van der Waals surface area contributed by atoms with E-state index in [0.29, 0.717) is 12.3 Å². The molecule has 1 aromatic carbocycles. The first-order valence-electron chi connectivity index (χ1n) is 7.45. The first-order valence-corrected chi connectivity index (χ1v) is 7.45. The summed E-state index contributed by atoms with van der Waals surface area (Å²) in [6.45, 7) is 3.89. The summed E-state index contributed by atoms with van der Waals surface area (Å²) >= 11 is 0. The first-order chi connectivity index (χ1) is 9.34. The van der Waals surface area contributed by atoms with Crippen LogP contribution in [-0.4, -0.2) is 37.0 Å². The van der Waals surface area contributed by atoms with Crippen molar-refractivity contribution in [3.8, 4) is 0 Å². The van der Waals surface area contributed by atoms with Gasteiger partial charge in [-0.25, -0.2) is 0 Å². The van der Waals surface area contributed by atoms with Crippen LogP contribution in [0.5, 0.6) is 0 Å². The summed E-state index contributed by atoms with van der Waals surface area (Å²) in [4.78, 5) is 16.5. The van der Waals surface area contributed by atoms with Gasteiger partial charge in [0.15, 0.2) is 0 Å². The van der Waals surface area contributed by atoms with Gasteiger partial charge < -0.3 is 9.80 Å². The van der Waals surface area contributed by atoms with Gasteiger partial charge in [-0.05, 0) is 37.3 Å². The number of nitrogens with zero attached hydrogens (tertiary/aromatic N) is 2. The highest BCUT2D eigenvalue weighted by molar-refractivity contribution is 5.77. The summed E-state index contributed by atoms with van der Waals surface area (Å²) in [7, 11) is 0. The lowest BCUT2D eigenvalue weighted by molar-refractivity contribution is -0.129. The Kier molecular flexibility index (Phi) is 3.72. The molecule has 0 atom stereocenters. The quantitative estimate of drug-likeness (QED) is 0.831. The van der Waals surface area contributed by atoms with E-state index in [0.717, 1.165) is 26.2 Å². The fourth-order valence-electron chi connectivity index (χ4n) is 3.20. The van der Waals surface area contributed by atoms with Crippen LogP contribution in [0.1, 0.15) is 31.2 Å². The van der Waals surface area contributed by atoms with Crippen molar-refractivity contribution in [2.24, 2.45) is 0 Å². The van der Waals surface area contributed by atoms with Gasteiger partial charge in [0.2, 0.25) is 5.91 Å². The van der Waals surface area contributed by atoms with Gasteiger partial charge in [-0.1, -0.05) is 18.2 Å². The predicted octanol–water partition coefficient (Wildman–Crippen LogP) is 2.45. The van der Waals surface area contributed by atoms with E-state index in [1.54, 1.807) is 0 Å². The minimum absolute atomic E-state index is 0.334. The van der Waals surface area contributed by atoms with Crippen LogP contribution in [-0.2, 0) is 11.2 Å². The smallest absolute Gasteiger partial charge is 0.224 e. The van der Waals surface area contributed by atoms with Crippen molar-refractivity contribution in [2.45, 2.75) is 32.1 Å². The van der Waals surface area contributed by atoms with E-state index in [2.05, 4.69) is 29.2 Å². The number of rotatable bonds is 3. The molecule has 3 heteroatoms. The molecule has 2 heterocycles. The lowest BCUT2D eigenvalue weighted by atomic mass is 10.0. The SMILES string of the molecule is O=C(CCN1CCCc2ccccc21)N1CCCC1. The summed E-state index contributed by atoms with van der Waals surface area (Å²) in [5, 5.41) is 0. The van der Waals surface area contributed by atoms with E-state index >= 15 is 0 Å². The van der Waals surface area contributed by atoms with E-state index in [1.165, 1.54) is 36.9 Å². The Morgan fingerprint density at radius 2 is 1.84 bits per heavy atom. The maximum absolute atomic E-state index is 12.1. The van der Waals surface area contributed by atoms with Crippen molar-refractivity contribution in [1.29, 1.82) is 0 Å². The minimum atomic E-state index is 0.334. The van der Waals surface area contributed by atoms with Crippen LogP contribution >= 0.6 is 0 Å². The topological polar surface area (TPSA) is 23.6 Å². The van der Waals surface area contributed by atoms with Gasteiger partial charge >= 0.3 is 0 Å². The Morgan fingerprint density at radius 3 is 2.68 bits per heavy atom. The Balaban J connectivity index is 1.60. The minimum Gasteiger partial charge on any atom is -0.371 e. The molecule has 2 aliphatic rings. The third kappa shape index (κ3) is 2.75. The molecule has 0 N–H and O–H groups in total. The van der Waals surface area contributed by atoms with E-state index in [1.807, 2.05) is 4.90 Å². The number of aryl methyl sites for hydroxylation is 1. The van der Waals surface area contributed by atoms with E-state index in [-0.39, 0.29) is 0 Å². The van der Waals surface area contributed by atoms with Crippen LogP contribution in [0.15, 0.2) is 24.3 Å². The number of amides is 1. The van der Waals surface area contributed by atoms with Gasteiger partial charge in [0.05, 0.1) is 0 Å². The molecule has 0 aliphatic carbocycles. The average molecular weight is 258 g/mol. The van der Waals surface area contributed by atoms with Crippen LogP contribution in [0.3, 0.4) is 0 Å². The maximum atomic E-state index is 12.1. The Hall–Kier alpha value is -1.51. The second-order valence-electron chi connectivity index (χ2n) is 5.56. The van der Waals surface area contributed by atoms with Gasteiger partial charge in [-0.15, -0.1) is 0 Å². The van der Waals surface area contributed by atoms with Crippen molar-refractivity contribution < 1.29 is 4.79 Å². The van der Waals surface area contributed by atoms with Crippen LogP contribution < -0.4 is 4.90 Å². The Labute approximate surface area is 115 Å². The molecule has 102 valence electrons. The van der Waals surface area contributed by atoms with Gasteiger partial charge in [-0.2, -0.15) is 0 Å². The number of carbonyl (C=O) groups is 1. The van der Waals surface area contributed by atoms with E-state index < -0.39 is 0 Å². The lowest BCUT2D eigenvalue weighted by Crippen LogP contribution is -2.35. The zero-order valence-corrected chi connectivity index (χ0v) is 11.5. The molecule has 1 saturated heterocycles. The third-order valence-electron chi connectivity index (χ3n) is 4.26. The number of hydrogen-bond acceptors (Lipinski definition) is 2. The van der Waals surface area contributed by atoms with Crippen LogP contribution in [0.4, 0.5) is 5.69 Å². The van der Waals surface area contributed by atoms with E-state index in [4.69, 9.17) is 0 Å². The molecule has 2 aliphatic heterocycles. The van der Waals surface area contributed by atoms with Gasteiger partial charge in [0.1, 0.15) is 0 Å². The molecule has 0 aromatic heterocycles. The molecule has 1 amide bonds. The van der Waals surface area contributed by atoms with Crippen LogP contribution in [0.25, 0.3) is 0 Å². The highest BCUT2D eigenvalue weighted by atomic mass is 16.2. The van der Waals surface area contributed by atoms with Crippen molar-refractivity contribution in [2.75, 3.05) is 31.1 Å². The molecule has 1 fully saturated rings. The van der Waals surface area contributed by atoms with Crippen LogP contribution in [0, 0.1) is 0 Å². The first kappa shape index (κ1) is 12.5. The second kappa shape index (κ2) is 5.64. The monoisotopic (exact) mass is 258 g/mol. The maximum Gasteiger partial charge on any atom is 0.224 e. The molecule has 0 saturated carbocycles. The van der Waals surface area contributed by atoms with E-state index in [9.17, 15) is 4.79 Å². The normalized spacial score (nSPS) is 18.5. The molecule has 1 aromatic rings. The van der Waals surface area contributed by atoms with Crippen molar-refractivity contribution >= 4 is 11.6 Å². The summed E-state index contributed by atoms with van der Waals surface area (Å²) in [5.41, 5.74) is 2.77. The number of likely N-dealkylation sites (tertiary alicyclic amines) is 1. The summed E-state index contributed by atoms with van der Waals surface area (Å²) in [6.07, 6.45) is 5.40. The van der Waals surface area contributed by atoms with Crippen LogP contribution in [0.2, 0.25) is 0 Å². The fourth-order valence-corrected chi connectivity index (χ4v) is 3.20. The molecule has 0 radical (unpaired) electrons. The largest absolute Gasteiger partial charge is 0.371 e. The summed E-state index contributed by atoms with van der Waals surface area (Å²) < 4.78 is 0. The molecule has 3 nitrogen and oxygen atoms in total. The highest BCUT2D eigenvalue weighted by Crippen LogP contribution is 2.26. The molecular formula is C16H22N2O. The summed E-state index contributed by atoms with van der Waals surface area (Å²) in [6, 6.07) is 8.61. The fraction of sp³-hybridized carbons (Fsp3) is 0.562. The molecule has 19 heavy (non-hydrogen) atoms. The Morgan fingerprint density at radius 1 is 1.05 bits per heavy atom. The third-order valence-corrected chi connectivity index (χ3v) is 4.26. The zero-order chi connectivity index (χ0) is 13.1. The standard InChI is InChI=1S/C16H22N2O/c19-16(18-10-3-4-11-18)9-13-17-12-5-7-14-6-1-2-8-15(14)17/h1-2,6,8H,3-5,7,9-13H2. The number of anilines is 1. The lowest BCUT2D eigenvalue weighted by Gasteiger charge is -2.31. The summed E-state index contributed by atoms with van der Waals surface area (Å²) in [5.74, 6) is 0.334. The zero-order valence-electron chi connectivity index (χ0n) is 11.5. The number of carbonyl (C=O) groups excluding carboxylic acids is 1. The number of para-hydroxylation sites is 1. The average Bonchev–Trinajstić information content (AvgIpc) is 2.99. The van der Waals surface area contributed by atoms with Crippen molar-refractivity contribution in [3.63, 3.8) is 0 Å². The molecule has 0 bridgehead atoms. The second-order valence-corrected chi connectivity index (χ2v) is 5.56. The Bertz CT molecular complexity index is 452. The van der Waals surface area contributed by atoms with Gasteiger partial charge in [0.25, 0.3) is 0 Å². The van der Waals surface area contributed by atoms with Gasteiger partial charge in [-0.3, -0.25) is 4.79 Å². The predicted molar refractivity (Wildman–Crippen MR) is 77.4 cm³/mol. The van der Waals surface area contributed by atoms with Gasteiger partial charge in [0, 0.05) is 38.3 Å². The number of fused-ring (bicyclic) bond motifs is 1.